The van der Waals surface area contributed by atoms with Crippen molar-refractivity contribution in [3.05, 3.63) is 41.4 Å². The second-order valence-corrected chi connectivity index (χ2v) is 10.7. The van der Waals surface area contributed by atoms with Gasteiger partial charge in [-0.2, -0.15) is 4.80 Å². The molecule has 0 aliphatic carbocycles. The van der Waals surface area contributed by atoms with Crippen molar-refractivity contribution in [3.63, 3.8) is 0 Å². The van der Waals surface area contributed by atoms with Crippen LogP contribution < -0.4 is 10.1 Å². The van der Waals surface area contributed by atoms with Crippen molar-refractivity contribution < 1.29 is 28.2 Å². The van der Waals surface area contributed by atoms with Gasteiger partial charge in [-0.1, -0.05) is 11.6 Å². The number of alkyl carbamates (subject to hydrolysis) is 1. The number of aromatic nitrogens is 6. The van der Waals surface area contributed by atoms with Crippen LogP contribution in [0.25, 0.3) is 11.4 Å². The average molecular weight is 550 g/mol. The summed E-state index contributed by atoms with van der Waals surface area (Å²) >= 11 is 5.75. The molecule has 0 spiro atoms. The molecule has 1 atom stereocenters. The van der Waals surface area contributed by atoms with Crippen LogP contribution in [0, 0.1) is 5.82 Å². The molecule has 0 fully saturated rings. The van der Waals surface area contributed by atoms with Crippen molar-refractivity contribution in [2.45, 2.75) is 71.8 Å². The number of hydrogen-bond donors (Lipinski definition) is 1. The number of halogens is 2. The molecule has 0 aliphatic rings. The summed E-state index contributed by atoms with van der Waals surface area (Å²) < 4.78 is 30.9. The monoisotopic (exact) mass is 549 g/mol. The first kappa shape index (κ1) is 28.7. The number of ether oxygens (including phenoxy) is 3. The Morgan fingerprint density at radius 2 is 1.74 bits per heavy atom. The van der Waals surface area contributed by atoms with E-state index in [4.69, 9.17) is 25.8 Å². The maximum atomic E-state index is 14.8. The van der Waals surface area contributed by atoms with Crippen LogP contribution in [0.4, 0.5) is 9.18 Å². The van der Waals surface area contributed by atoms with E-state index in [2.05, 4.69) is 30.7 Å². The fraction of sp³-hybridized carbons (Fsp3) is 0.458. The number of rotatable bonds is 8. The van der Waals surface area contributed by atoms with Gasteiger partial charge in [-0.3, -0.25) is 4.79 Å². The number of esters is 1. The Bertz CT molecular complexity index is 1240. The lowest BCUT2D eigenvalue weighted by Crippen LogP contribution is -2.43. The molecule has 1 aromatic carbocycles. The zero-order valence-corrected chi connectivity index (χ0v) is 22.6. The minimum absolute atomic E-state index is 0.000800. The molecule has 2 aromatic heterocycles. The number of carbonyl (C=O) groups excluding carboxylic acids is 2. The second kappa shape index (κ2) is 11.7. The van der Waals surface area contributed by atoms with Gasteiger partial charge >= 0.3 is 18.1 Å². The molecule has 1 N–H and O–H groups in total. The van der Waals surface area contributed by atoms with Gasteiger partial charge in [0.05, 0.1) is 42.0 Å². The van der Waals surface area contributed by atoms with Crippen LogP contribution in [0.2, 0.25) is 5.02 Å². The Balaban J connectivity index is 1.73. The van der Waals surface area contributed by atoms with Gasteiger partial charge in [0.2, 0.25) is 5.82 Å². The Morgan fingerprint density at radius 1 is 1.08 bits per heavy atom. The highest BCUT2D eigenvalue weighted by Gasteiger charge is 2.26. The number of benzene rings is 1. The van der Waals surface area contributed by atoms with E-state index in [9.17, 15) is 14.0 Å². The molecule has 0 aliphatic heterocycles. The molecule has 2 heterocycles. The largest absolute Gasteiger partial charge is 0.460 e. The third-order valence-electron chi connectivity index (χ3n) is 4.38. The topological polar surface area (TPSA) is 143 Å². The van der Waals surface area contributed by atoms with Crippen molar-refractivity contribution in [2.75, 3.05) is 0 Å². The van der Waals surface area contributed by atoms with Crippen molar-refractivity contribution in [1.82, 2.24) is 35.5 Å². The van der Waals surface area contributed by atoms with Gasteiger partial charge in [-0.25, -0.2) is 19.2 Å². The lowest BCUT2D eigenvalue weighted by atomic mass is 10.1. The molecule has 14 heteroatoms. The SMILES string of the molecule is CC(C)(C)OC(=O)C[C@@H](Cn1nnc(-c2ccc(Oc3ncc(Cl)cn3)cc2F)n1)NC(=O)OC(C)(C)C. The molecule has 0 saturated carbocycles. The molecule has 0 saturated heterocycles. The van der Waals surface area contributed by atoms with E-state index in [0.29, 0.717) is 5.02 Å². The first-order valence-corrected chi connectivity index (χ1v) is 12.0. The van der Waals surface area contributed by atoms with Gasteiger partial charge in [0.15, 0.2) is 0 Å². The Hall–Kier alpha value is -3.87. The molecule has 3 rings (SSSR count). The summed E-state index contributed by atoms with van der Waals surface area (Å²) in [6.07, 6.45) is 1.80. The number of carbonyl (C=O) groups is 2. The summed E-state index contributed by atoms with van der Waals surface area (Å²) in [7, 11) is 0. The van der Waals surface area contributed by atoms with Crippen LogP contribution in [0.3, 0.4) is 0 Å². The molecule has 0 unspecified atom stereocenters. The Morgan fingerprint density at radius 3 is 2.34 bits per heavy atom. The second-order valence-electron chi connectivity index (χ2n) is 10.2. The number of tetrazole rings is 1. The van der Waals surface area contributed by atoms with Gasteiger partial charge in [-0.05, 0) is 58.9 Å². The molecule has 12 nitrogen and oxygen atoms in total. The first-order valence-electron chi connectivity index (χ1n) is 11.6. The van der Waals surface area contributed by atoms with Gasteiger partial charge in [0, 0.05) is 6.07 Å². The molecule has 0 bridgehead atoms. The zero-order valence-electron chi connectivity index (χ0n) is 21.9. The molecule has 0 radical (unpaired) electrons. The third kappa shape index (κ3) is 9.21. The summed E-state index contributed by atoms with van der Waals surface area (Å²) in [5.74, 6) is -1.07. The van der Waals surface area contributed by atoms with E-state index in [1.165, 1.54) is 24.5 Å². The van der Waals surface area contributed by atoms with E-state index in [1.54, 1.807) is 41.5 Å². The smallest absolute Gasteiger partial charge is 0.407 e. The van der Waals surface area contributed by atoms with Crippen LogP contribution in [0.5, 0.6) is 11.8 Å². The molecular formula is C24H29ClFN7O5. The van der Waals surface area contributed by atoms with E-state index in [0.717, 1.165) is 10.9 Å². The van der Waals surface area contributed by atoms with Crippen LogP contribution in [0.15, 0.2) is 30.6 Å². The highest BCUT2D eigenvalue weighted by atomic mass is 35.5. The number of nitrogens with zero attached hydrogens (tertiary/aromatic N) is 6. The quantitative estimate of drug-likeness (QED) is 0.403. The van der Waals surface area contributed by atoms with Crippen molar-refractivity contribution >= 4 is 23.7 Å². The fourth-order valence-corrected chi connectivity index (χ4v) is 3.14. The number of amides is 1. The number of nitrogens with one attached hydrogen (secondary N) is 1. The molecule has 204 valence electrons. The lowest BCUT2D eigenvalue weighted by molar-refractivity contribution is -0.155. The Labute approximate surface area is 223 Å². The summed E-state index contributed by atoms with van der Waals surface area (Å²) in [6.45, 7) is 10.3. The van der Waals surface area contributed by atoms with E-state index < -0.39 is 35.1 Å². The maximum Gasteiger partial charge on any atom is 0.407 e. The van der Waals surface area contributed by atoms with Crippen LogP contribution >= 0.6 is 11.6 Å². The van der Waals surface area contributed by atoms with Gasteiger partial charge in [-0.15, -0.1) is 10.2 Å². The first-order chi connectivity index (χ1) is 17.7. The normalized spacial score (nSPS) is 12.5. The molecular weight excluding hydrogens is 521 g/mol. The van der Waals surface area contributed by atoms with Crippen molar-refractivity contribution in [3.8, 4) is 23.1 Å². The molecule has 1 amide bonds. The average Bonchev–Trinajstić information content (AvgIpc) is 3.20. The summed E-state index contributed by atoms with van der Waals surface area (Å²) in [6, 6.07) is 3.25. The van der Waals surface area contributed by atoms with Gasteiger partial charge in [0.25, 0.3) is 0 Å². The van der Waals surface area contributed by atoms with Crippen molar-refractivity contribution in [1.29, 1.82) is 0 Å². The minimum atomic E-state index is -0.790. The Kier molecular flexibility index (Phi) is 8.82. The minimum Gasteiger partial charge on any atom is -0.460 e. The molecule has 38 heavy (non-hydrogen) atoms. The van der Waals surface area contributed by atoms with Crippen LogP contribution in [0.1, 0.15) is 48.0 Å². The number of hydrogen-bond acceptors (Lipinski definition) is 10. The summed E-state index contributed by atoms with van der Waals surface area (Å²) in [4.78, 5) is 33.7. The van der Waals surface area contributed by atoms with Crippen molar-refractivity contribution in [2.24, 2.45) is 0 Å². The van der Waals surface area contributed by atoms with E-state index in [-0.39, 0.29) is 36.1 Å². The molecule has 3 aromatic rings. The fourth-order valence-electron chi connectivity index (χ4n) is 3.04. The van der Waals surface area contributed by atoms with Crippen LogP contribution in [-0.2, 0) is 20.8 Å². The zero-order chi connectivity index (χ0) is 28.1. The standard InChI is InChI=1S/C24H29ClFN7O5/c1-23(2,3)37-19(34)9-15(29-22(35)38-24(4,5)6)13-33-31-20(30-32-33)17-8-7-16(10-18(17)26)36-21-27-11-14(25)12-28-21/h7-8,10-12,15H,9,13H2,1-6H3,(H,29,35)/t15-/m0/s1. The maximum absolute atomic E-state index is 14.8. The van der Waals surface area contributed by atoms with E-state index >= 15 is 0 Å². The highest BCUT2D eigenvalue weighted by molar-refractivity contribution is 6.30. The predicted octanol–water partition coefficient (Wildman–Crippen LogP) is 4.34. The van der Waals surface area contributed by atoms with Gasteiger partial charge in [0.1, 0.15) is 22.8 Å². The summed E-state index contributed by atoms with van der Waals surface area (Å²) in [5, 5.41) is 15.0. The third-order valence-corrected chi connectivity index (χ3v) is 4.57. The van der Waals surface area contributed by atoms with Gasteiger partial charge < -0.3 is 19.5 Å². The summed E-state index contributed by atoms with van der Waals surface area (Å²) in [5.41, 5.74) is -1.39. The predicted molar refractivity (Wildman–Crippen MR) is 134 cm³/mol. The lowest BCUT2D eigenvalue weighted by Gasteiger charge is -2.24. The van der Waals surface area contributed by atoms with Crippen LogP contribution in [-0.4, -0.2) is 59.5 Å². The highest BCUT2D eigenvalue weighted by Crippen LogP contribution is 2.26. The van der Waals surface area contributed by atoms with E-state index in [1.807, 2.05) is 0 Å².